The molecular weight excluding hydrogens is 226 g/mol. The van der Waals surface area contributed by atoms with Crippen molar-refractivity contribution in [3.63, 3.8) is 0 Å². The maximum Gasteiger partial charge on any atom is 0.307 e. The molecule has 86 valence electrons. The van der Waals surface area contributed by atoms with E-state index in [-0.39, 0.29) is 5.92 Å². The van der Waals surface area contributed by atoms with Crippen LogP contribution in [0.4, 0.5) is 0 Å². The molecule has 2 rings (SSSR count). The molecule has 1 aromatic carbocycles. The molecule has 0 bridgehead atoms. The first-order valence-electron chi connectivity index (χ1n) is 5.35. The first-order chi connectivity index (χ1) is 7.65. The van der Waals surface area contributed by atoms with Gasteiger partial charge in [0.1, 0.15) is 0 Å². The first-order valence-corrected chi connectivity index (χ1v) is 5.72. The minimum absolute atomic E-state index is 0.209. The van der Waals surface area contributed by atoms with Crippen LogP contribution in [0.1, 0.15) is 12.0 Å². The van der Waals surface area contributed by atoms with Crippen molar-refractivity contribution in [2.45, 2.75) is 13.0 Å². The standard InChI is InChI=1S/C12H14ClNO2/c13-11-3-1-2-9(6-11)7-14-5-4-10(8-14)12(15)16/h1-3,6,10H,4-5,7-8H2,(H,15,16). The summed E-state index contributed by atoms with van der Waals surface area (Å²) in [5.74, 6) is -0.896. The summed E-state index contributed by atoms with van der Waals surface area (Å²) in [6.45, 7) is 2.27. The van der Waals surface area contributed by atoms with Crippen molar-refractivity contribution in [2.24, 2.45) is 5.92 Å². The molecule has 0 saturated carbocycles. The van der Waals surface area contributed by atoms with Gasteiger partial charge in [-0.3, -0.25) is 9.69 Å². The predicted molar refractivity (Wildman–Crippen MR) is 62.5 cm³/mol. The molecule has 1 unspecified atom stereocenters. The van der Waals surface area contributed by atoms with Crippen molar-refractivity contribution in [1.82, 2.24) is 4.90 Å². The van der Waals surface area contributed by atoms with Gasteiger partial charge in [-0.25, -0.2) is 0 Å². The van der Waals surface area contributed by atoms with Crippen LogP contribution in [0.15, 0.2) is 24.3 Å². The molecule has 1 saturated heterocycles. The third-order valence-corrected chi connectivity index (χ3v) is 3.15. The topological polar surface area (TPSA) is 40.5 Å². The van der Waals surface area contributed by atoms with Gasteiger partial charge >= 0.3 is 5.97 Å². The second-order valence-corrected chi connectivity index (χ2v) is 4.63. The van der Waals surface area contributed by atoms with E-state index < -0.39 is 5.97 Å². The van der Waals surface area contributed by atoms with Crippen molar-refractivity contribution >= 4 is 17.6 Å². The molecule has 0 radical (unpaired) electrons. The largest absolute Gasteiger partial charge is 0.481 e. The lowest BCUT2D eigenvalue weighted by atomic mass is 10.1. The zero-order chi connectivity index (χ0) is 11.5. The molecule has 1 aliphatic rings. The van der Waals surface area contributed by atoms with E-state index in [4.69, 9.17) is 16.7 Å². The van der Waals surface area contributed by atoms with Crippen molar-refractivity contribution in [2.75, 3.05) is 13.1 Å². The second kappa shape index (κ2) is 4.85. The van der Waals surface area contributed by atoms with E-state index >= 15 is 0 Å². The molecule has 0 spiro atoms. The fraction of sp³-hybridized carbons (Fsp3) is 0.417. The highest BCUT2D eigenvalue weighted by Crippen LogP contribution is 2.20. The number of halogens is 1. The summed E-state index contributed by atoms with van der Waals surface area (Å²) in [5, 5.41) is 9.62. The molecular formula is C12H14ClNO2. The average Bonchev–Trinajstić information content (AvgIpc) is 2.66. The molecule has 1 fully saturated rings. The van der Waals surface area contributed by atoms with Gasteiger partial charge in [-0.1, -0.05) is 23.7 Å². The first kappa shape index (κ1) is 11.4. The van der Waals surface area contributed by atoms with Gasteiger partial charge in [0.2, 0.25) is 0 Å². The zero-order valence-corrected chi connectivity index (χ0v) is 9.65. The Labute approximate surface area is 99.6 Å². The van der Waals surface area contributed by atoms with E-state index in [1.807, 2.05) is 24.3 Å². The summed E-state index contributed by atoms with van der Waals surface area (Å²) in [6, 6.07) is 7.70. The van der Waals surface area contributed by atoms with Crippen LogP contribution in [0, 0.1) is 5.92 Å². The smallest absolute Gasteiger partial charge is 0.307 e. The number of hydrogen-bond donors (Lipinski definition) is 1. The summed E-state index contributed by atoms with van der Waals surface area (Å²) in [4.78, 5) is 13.0. The highest BCUT2D eigenvalue weighted by Gasteiger charge is 2.27. The van der Waals surface area contributed by atoms with Crippen LogP contribution >= 0.6 is 11.6 Å². The minimum atomic E-state index is -0.686. The van der Waals surface area contributed by atoms with Gasteiger partial charge in [-0.05, 0) is 30.7 Å². The number of carboxylic acid groups (broad SMARTS) is 1. The Balaban J connectivity index is 1.94. The number of benzene rings is 1. The number of aliphatic carboxylic acids is 1. The third-order valence-electron chi connectivity index (χ3n) is 2.92. The van der Waals surface area contributed by atoms with Crippen LogP contribution in [0.25, 0.3) is 0 Å². The number of likely N-dealkylation sites (tertiary alicyclic amines) is 1. The normalized spacial score (nSPS) is 21.2. The summed E-state index contributed by atoms with van der Waals surface area (Å²) >= 11 is 5.90. The number of nitrogens with zero attached hydrogens (tertiary/aromatic N) is 1. The SMILES string of the molecule is O=C(O)C1CCN(Cc2cccc(Cl)c2)C1. The summed E-state index contributed by atoms with van der Waals surface area (Å²) < 4.78 is 0. The Bertz CT molecular complexity index is 394. The lowest BCUT2D eigenvalue weighted by Gasteiger charge is -2.15. The maximum absolute atomic E-state index is 10.8. The average molecular weight is 240 g/mol. The number of rotatable bonds is 3. The molecule has 1 N–H and O–H groups in total. The van der Waals surface area contributed by atoms with E-state index in [1.165, 1.54) is 0 Å². The Morgan fingerprint density at radius 2 is 2.38 bits per heavy atom. The van der Waals surface area contributed by atoms with Gasteiger partial charge in [-0.2, -0.15) is 0 Å². The third kappa shape index (κ3) is 2.74. The molecule has 3 nitrogen and oxygen atoms in total. The Kier molecular flexibility index (Phi) is 3.46. The van der Waals surface area contributed by atoms with Gasteiger partial charge in [0.25, 0.3) is 0 Å². The van der Waals surface area contributed by atoms with Gasteiger partial charge in [0, 0.05) is 18.1 Å². The van der Waals surface area contributed by atoms with E-state index in [9.17, 15) is 4.79 Å². The maximum atomic E-state index is 10.8. The summed E-state index contributed by atoms with van der Waals surface area (Å²) in [7, 11) is 0. The van der Waals surface area contributed by atoms with Gasteiger partial charge in [0.05, 0.1) is 5.92 Å². The van der Waals surface area contributed by atoms with Crippen molar-refractivity contribution in [3.8, 4) is 0 Å². The Hall–Kier alpha value is -1.06. The summed E-state index contributed by atoms with van der Waals surface area (Å²) in [6.07, 6.45) is 0.746. The van der Waals surface area contributed by atoms with Crippen LogP contribution < -0.4 is 0 Å². The van der Waals surface area contributed by atoms with Crippen LogP contribution in [0.5, 0.6) is 0 Å². The van der Waals surface area contributed by atoms with E-state index in [0.717, 1.165) is 30.1 Å². The molecule has 0 aliphatic carbocycles. The Morgan fingerprint density at radius 3 is 3.00 bits per heavy atom. The quantitative estimate of drug-likeness (QED) is 0.880. The van der Waals surface area contributed by atoms with Gasteiger partial charge < -0.3 is 5.11 Å². The number of hydrogen-bond acceptors (Lipinski definition) is 2. The zero-order valence-electron chi connectivity index (χ0n) is 8.90. The lowest BCUT2D eigenvalue weighted by molar-refractivity contribution is -0.141. The number of carbonyl (C=O) groups is 1. The fourth-order valence-electron chi connectivity index (χ4n) is 2.07. The molecule has 1 aliphatic heterocycles. The monoisotopic (exact) mass is 239 g/mol. The van der Waals surface area contributed by atoms with Gasteiger partial charge in [-0.15, -0.1) is 0 Å². The predicted octanol–water partition coefficient (Wildman–Crippen LogP) is 2.25. The molecule has 1 aromatic rings. The molecule has 0 aromatic heterocycles. The van der Waals surface area contributed by atoms with Crippen molar-refractivity contribution in [3.05, 3.63) is 34.9 Å². The van der Waals surface area contributed by atoms with Crippen LogP contribution in [0.3, 0.4) is 0 Å². The fourth-order valence-corrected chi connectivity index (χ4v) is 2.28. The lowest BCUT2D eigenvalue weighted by Crippen LogP contribution is -2.22. The van der Waals surface area contributed by atoms with Crippen LogP contribution in [-0.2, 0) is 11.3 Å². The second-order valence-electron chi connectivity index (χ2n) is 4.19. The minimum Gasteiger partial charge on any atom is -0.481 e. The molecule has 16 heavy (non-hydrogen) atoms. The highest BCUT2D eigenvalue weighted by molar-refractivity contribution is 6.30. The molecule has 1 heterocycles. The van der Waals surface area contributed by atoms with Gasteiger partial charge in [0.15, 0.2) is 0 Å². The van der Waals surface area contributed by atoms with Crippen molar-refractivity contribution < 1.29 is 9.90 Å². The van der Waals surface area contributed by atoms with Crippen molar-refractivity contribution in [1.29, 1.82) is 0 Å². The van der Waals surface area contributed by atoms with Crippen LogP contribution in [0.2, 0.25) is 5.02 Å². The number of carboxylic acids is 1. The van der Waals surface area contributed by atoms with E-state index in [0.29, 0.717) is 6.54 Å². The highest BCUT2D eigenvalue weighted by atomic mass is 35.5. The molecule has 1 atom stereocenters. The summed E-state index contributed by atoms with van der Waals surface area (Å²) in [5.41, 5.74) is 1.14. The van der Waals surface area contributed by atoms with E-state index in [1.54, 1.807) is 0 Å². The van der Waals surface area contributed by atoms with E-state index in [2.05, 4.69) is 4.90 Å². The Morgan fingerprint density at radius 1 is 1.56 bits per heavy atom. The van der Waals surface area contributed by atoms with Crippen LogP contribution in [-0.4, -0.2) is 29.1 Å². The molecule has 4 heteroatoms. The molecule has 0 amide bonds.